The highest BCUT2D eigenvalue weighted by molar-refractivity contribution is 7.91. The van der Waals surface area contributed by atoms with E-state index in [2.05, 4.69) is 20.0 Å². The Labute approximate surface area is 386 Å². The molecule has 15 nitrogen and oxygen atoms in total. The summed E-state index contributed by atoms with van der Waals surface area (Å²) in [6.07, 6.45) is -9.96. The fraction of sp³-hybridized carbons (Fsp3) is 0.545. The van der Waals surface area contributed by atoms with Crippen molar-refractivity contribution in [3.05, 3.63) is 65.7 Å². The summed E-state index contributed by atoms with van der Waals surface area (Å²) in [5, 5.41) is 15.3. The standard InChI is InChI=1S/C44H50F6N6O9S2/c1-6-33-34(56(39(60)61)40(3,4)44(48,49)50)37(58)55-23-29(65-28-19-30(52-31(20-28)36-51-17-18-66-36)25-11-13-26(14-12-25)43(45,46)47)21-32(55)35(57)53-42(22-27(42)10-8-7-9-24(2)64-33)38(59)54-67(62,63)41(5)15-16-41/h8,10-14,17-20,24,27,29,32-34H,6-7,9,15-16,21-23H2,1-5H3,(H,53,57)(H,54,59)(H,60,61)/b10-8-/t24-,27-,29-,32+,33+,34+,42-/m1/s1. The number of benzene rings is 1. The molecule has 67 heavy (non-hydrogen) atoms. The van der Waals surface area contributed by atoms with E-state index in [1.54, 1.807) is 24.5 Å². The minimum atomic E-state index is -5.22. The number of hydrogen-bond acceptors (Lipinski definition) is 11. The summed E-state index contributed by atoms with van der Waals surface area (Å²) in [5.74, 6) is -3.94. The molecule has 3 N–H and O–H groups in total. The first-order chi connectivity index (χ1) is 31.2. The largest absolute Gasteiger partial charge is 0.488 e. The lowest BCUT2D eigenvalue weighted by Gasteiger charge is -2.45. The van der Waals surface area contributed by atoms with Gasteiger partial charge in [0.1, 0.15) is 45.7 Å². The maximum Gasteiger partial charge on any atom is 0.416 e. The third kappa shape index (κ3) is 9.99. The first-order valence-corrected chi connectivity index (χ1v) is 23.9. The van der Waals surface area contributed by atoms with E-state index in [4.69, 9.17) is 9.47 Å². The van der Waals surface area contributed by atoms with Crippen molar-refractivity contribution >= 4 is 45.2 Å². The van der Waals surface area contributed by atoms with Crippen LogP contribution in [0.5, 0.6) is 5.75 Å². The first kappa shape index (κ1) is 49.6. The van der Waals surface area contributed by atoms with Crippen molar-refractivity contribution in [3.8, 4) is 27.7 Å². The van der Waals surface area contributed by atoms with Crippen molar-refractivity contribution in [2.75, 3.05) is 6.54 Å². The van der Waals surface area contributed by atoms with E-state index in [1.165, 1.54) is 55.6 Å². The number of rotatable bonds is 10. The quantitative estimate of drug-likeness (QED) is 0.136. The van der Waals surface area contributed by atoms with Crippen molar-refractivity contribution in [2.45, 2.75) is 138 Å². The summed E-state index contributed by atoms with van der Waals surface area (Å²) < 4.78 is 125. The van der Waals surface area contributed by atoms with E-state index in [-0.39, 0.29) is 53.3 Å². The smallest absolute Gasteiger partial charge is 0.416 e. The number of hydrogen-bond donors (Lipinski definition) is 3. The van der Waals surface area contributed by atoms with Crippen LogP contribution in [0.4, 0.5) is 31.1 Å². The van der Waals surface area contributed by atoms with Gasteiger partial charge in [-0.15, -0.1) is 11.3 Å². The fourth-order valence-corrected chi connectivity index (χ4v) is 10.4. The second-order valence-electron chi connectivity index (χ2n) is 18.2. The second-order valence-corrected chi connectivity index (χ2v) is 21.3. The molecule has 2 aliphatic carbocycles. The number of carbonyl (C=O) groups excluding carboxylic acids is 3. The number of thiazole rings is 1. The molecular formula is C44H50F6N6O9S2. The van der Waals surface area contributed by atoms with Crippen molar-refractivity contribution in [3.63, 3.8) is 0 Å². The molecule has 364 valence electrons. The molecule has 3 fully saturated rings. The topological polar surface area (TPSA) is 197 Å². The van der Waals surface area contributed by atoms with E-state index in [1.807, 2.05) is 0 Å². The highest BCUT2D eigenvalue weighted by Crippen LogP contribution is 2.48. The zero-order valence-corrected chi connectivity index (χ0v) is 38.6. The number of allylic oxidation sites excluding steroid dienone is 1. The number of carboxylic acid groups (broad SMARTS) is 1. The molecule has 4 heterocycles. The zero-order valence-electron chi connectivity index (χ0n) is 37.0. The molecule has 2 saturated carbocycles. The molecule has 7 atom stereocenters. The highest BCUT2D eigenvalue weighted by Gasteiger charge is 2.64. The van der Waals surface area contributed by atoms with Crippen LogP contribution >= 0.6 is 11.3 Å². The molecule has 0 bridgehead atoms. The SMILES string of the molecule is CC[C@@H]1O[C@H](C)CC/C=C\[C@@H]2C[C@@]2(C(=O)NS(=O)(=O)C2(C)CC2)NC(=O)[C@@H]2C[C@@H](Oc3cc(-c4ccc(C(F)(F)F)cc4)nc(-c4nccs4)c3)CN2C(=O)[C@H]1N(C(=O)O)C(C)(C)C(F)(F)F. The van der Waals surface area contributed by atoms with Crippen LogP contribution in [0.2, 0.25) is 0 Å². The van der Waals surface area contributed by atoms with Gasteiger partial charge in [-0.25, -0.2) is 23.2 Å². The number of nitrogens with one attached hydrogen (secondary N) is 2. The number of fused-ring (bicyclic) bond motifs is 2. The summed E-state index contributed by atoms with van der Waals surface area (Å²) >= 11 is 1.19. The van der Waals surface area contributed by atoms with Crippen molar-refractivity contribution in [2.24, 2.45) is 5.92 Å². The third-order valence-corrected chi connectivity index (χ3v) is 16.0. The van der Waals surface area contributed by atoms with E-state index >= 15 is 4.79 Å². The van der Waals surface area contributed by atoms with Crippen LogP contribution in [0, 0.1) is 5.92 Å². The lowest BCUT2D eigenvalue weighted by atomic mass is 9.95. The number of alkyl halides is 6. The maximum absolute atomic E-state index is 15.2. The molecular weight excluding hydrogens is 935 g/mol. The Kier molecular flexibility index (Phi) is 13.3. The molecule has 4 amide bonds. The maximum atomic E-state index is 15.2. The Morgan fingerprint density at radius 1 is 1.09 bits per heavy atom. The minimum Gasteiger partial charge on any atom is -0.488 e. The van der Waals surface area contributed by atoms with Gasteiger partial charge in [0.25, 0.3) is 5.91 Å². The molecule has 23 heteroatoms. The van der Waals surface area contributed by atoms with Gasteiger partial charge < -0.3 is 24.8 Å². The van der Waals surface area contributed by atoms with Gasteiger partial charge in [-0.2, -0.15) is 26.3 Å². The van der Waals surface area contributed by atoms with Crippen LogP contribution in [0.3, 0.4) is 0 Å². The van der Waals surface area contributed by atoms with Gasteiger partial charge >= 0.3 is 18.4 Å². The molecule has 1 saturated heterocycles. The van der Waals surface area contributed by atoms with Crippen molar-refractivity contribution < 1.29 is 68.5 Å². The number of amides is 4. The molecule has 0 radical (unpaired) electrons. The monoisotopic (exact) mass is 984 g/mol. The van der Waals surface area contributed by atoms with E-state index in [9.17, 15) is 54.3 Å². The normalized spacial score (nSPS) is 27.4. The lowest BCUT2D eigenvalue weighted by Crippen LogP contribution is -2.68. The summed E-state index contributed by atoms with van der Waals surface area (Å²) in [7, 11) is -4.21. The summed E-state index contributed by atoms with van der Waals surface area (Å²) in [4.78, 5) is 66.9. The average molecular weight is 985 g/mol. The Hall–Kier alpha value is -5.29. The summed E-state index contributed by atoms with van der Waals surface area (Å²) in [6, 6.07) is 3.20. The summed E-state index contributed by atoms with van der Waals surface area (Å²) in [5.41, 5.74) is -5.29. The van der Waals surface area contributed by atoms with Crippen LogP contribution in [0.1, 0.15) is 85.1 Å². The van der Waals surface area contributed by atoms with E-state index < -0.39 is 110 Å². The second kappa shape index (κ2) is 18.0. The Bertz CT molecular complexity index is 2520. The molecule has 2 aromatic heterocycles. The van der Waals surface area contributed by atoms with E-state index in [0.717, 1.165) is 17.0 Å². The van der Waals surface area contributed by atoms with Gasteiger partial charge in [-0.1, -0.05) is 31.2 Å². The molecule has 2 aliphatic heterocycles. The Morgan fingerprint density at radius 3 is 2.34 bits per heavy atom. The van der Waals surface area contributed by atoms with Gasteiger partial charge in [0.05, 0.1) is 34.8 Å². The van der Waals surface area contributed by atoms with E-state index in [0.29, 0.717) is 38.1 Å². The molecule has 4 aliphatic rings. The van der Waals surface area contributed by atoms with Gasteiger partial charge in [-0.05, 0) is 78.4 Å². The number of carbonyl (C=O) groups is 4. The molecule has 0 spiro atoms. The van der Waals surface area contributed by atoms with Gasteiger partial charge in [0, 0.05) is 41.6 Å². The average Bonchev–Trinajstić information content (AvgIpc) is 4.00. The first-order valence-electron chi connectivity index (χ1n) is 21.6. The molecule has 0 unspecified atom stereocenters. The number of nitrogens with zero attached hydrogens (tertiary/aromatic N) is 4. The van der Waals surface area contributed by atoms with Crippen LogP contribution < -0.4 is 14.8 Å². The highest BCUT2D eigenvalue weighted by atomic mass is 32.2. The predicted molar refractivity (Wildman–Crippen MR) is 231 cm³/mol. The van der Waals surface area contributed by atoms with Gasteiger partial charge in [0.15, 0.2) is 0 Å². The number of halogens is 6. The number of aromatic nitrogens is 2. The van der Waals surface area contributed by atoms with Gasteiger partial charge in [0.2, 0.25) is 21.8 Å². The minimum absolute atomic E-state index is 0.00789. The third-order valence-electron chi connectivity index (χ3n) is 13.0. The van der Waals surface area contributed by atoms with Crippen molar-refractivity contribution in [1.29, 1.82) is 0 Å². The number of ether oxygens (including phenoxy) is 2. The van der Waals surface area contributed by atoms with Gasteiger partial charge in [-0.3, -0.25) is 24.0 Å². The van der Waals surface area contributed by atoms with Crippen LogP contribution in [-0.4, -0.2) is 116 Å². The Balaban J connectivity index is 1.31. The molecule has 3 aromatic rings. The zero-order chi connectivity index (χ0) is 49.1. The summed E-state index contributed by atoms with van der Waals surface area (Å²) in [6.45, 7) is 5.27. The number of sulfonamides is 1. The van der Waals surface area contributed by atoms with Crippen LogP contribution in [-0.2, 0) is 35.3 Å². The molecule has 7 rings (SSSR count). The molecule has 1 aromatic carbocycles. The number of pyridine rings is 1. The predicted octanol–water partition coefficient (Wildman–Crippen LogP) is 7.34. The van der Waals surface area contributed by atoms with Crippen LogP contribution in [0.25, 0.3) is 22.0 Å². The lowest BCUT2D eigenvalue weighted by molar-refractivity contribution is -0.226. The fourth-order valence-electron chi connectivity index (χ4n) is 8.44. The Morgan fingerprint density at radius 2 is 1.76 bits per heavy atom. The van der Waals surface area contributed by atoms with Crippen LogP contribution in [0.15, 0.2) is 60.1 Å². The van der Waals surface area contributed by atoms with Crippen molar-refractivity contribution in [1.82, 2.24) is 29.8 Å².